The van der Waals surface area contributed by atoms with Crippen LogP contribution in [0.15, 0.2) is 30.3 Å². The molecule has 0 aliphatic carbocycles. The van der Waals surface area contributed by atoms with Crippen LogP contribution in [0, 0.1) is 0 Å². The molecule has 2 nitrogen and oxygen atoms in total. The van der Waals surface area contributed by atoms with Crippen LogP contribution in [0.4, 0.5) is 5.69 Å². The van der Waals surface area contributed by atoms with Crippen LogP contribution < -0.4 is 4.90 Å². The first-order valence-corrected chi connectivity index (χ1v) is 4.66. The molecule has 0 radical (unpaired) electrons. The summed E-state index contributed by atoms with van der Waals surface area (Å²) in [7, 11) is 0. The van der Waals surface area contributed by atoms with E-state index in [2.05, 4.69) is 6.92 Å². The highest BCUT2D eigenvalue weighted by molar-refractivity contribution is 5.96. The fourth-order valence-electron chi connectivity index (χ4n) is 1.81. The number of rotatable bonds is 1. The van der Waals surface area contributed by atoms with Gasteiger partial charge < -0.3 is 4.90 Å². The van der Waals surface area contributed by atoms with Crippen LogP contribution >= 0.6 is 0 Å². The molecule has 1 aliphatic rings. The van der Waals surface area contributed by atoms with Crippen molar-refractivity contribution in [1.29, 1.82) is 0 Å². The van der Waals surface area contributed by atoms with E-state index in [4.69, 9.17) is 0 Å². The number of para-hydroxylation sites is 1. The van der Waals surface area contributed by atoms with E-state index in [0.29, 0.717) is 12.5 Å². The first-order chi connectivity index (χ1) is 6.29. The Morgan fingerprint density at radius 1 is 1.31 bits per heavy atom. The monoisotopic (exact) mass is 175 g/mol. The van der Waals surface area contributed by atoms with Gasteiger partial charge in [-0.25, -0.2) is 0 Å². The molecule has 0 aromatic heterocycles. The summed E-state index contributed by atoms with van der Waals surface area (Å²) in [6, 6.07) is 10.2. The summed E-state index contributed by atoms with van der Waals surface area (Å²) in [5.74, 6) is 0.249. The minimum atomic E-state index is 0.249. The predicted molar refractivity (Wildman–Crippen MR) is 52.6 cm³/mol. The SMILES string of the molecule is CC1CCC(=O)N1c1ccccc1. The Labute approximate surface area is 78.2 Å². The molecule has 0 N–H and O–H groups in total. The Bertz CT molecular complexity index is 307. The first kappa shape index (κ1) is 8.30. The van der Waals surface area contributed by atoms with Crippen molar-refractivity contribution in [3.8, 4) is 0 Å². The first-order valence-electron chi connectivity index (χ1n) is 4.66. The van der Waals surface area contributed by atoms with Gasteiger partial charge in [0.1, 0.15) is 0 Å². The molecular weight excluding hydrogens is 162 g/mol. The number of hydrogen-bond acceptors (Lipinski definition) is 1. The third-order valence-corrected chi connectivity index (χ3v) is 2.52. The summed E-state index contributed by atoms with van der Waals surface area (Å²) in [5.41, 5.74) is 1.03. The molecular formula is C11H13NO. The van der Waals surface area contributed by atoms with Gasteiger partial charge in [0.05, 0.1) is 0 Å². The molecule has 1 aliphatic heterocycles. The molecule has 1 unspecified atom stereocenters. The Morgan fingerprint density at radius 2 is 2.00 bits per heavy atom. The highest BCUT2D eigenvalue weighted by atomic mass is 16.2. The third-order valence-electron chi connectivity index (χ3n) is 2.52. The molecule has 0 spiro atoms. The number of carbonyl (C=O) groups is 1. The third kappa shape index (κ3) is 1.44. The quantitative estimate of drug-likeness (QED) is 0.640. The van der Waals surface area contributed by atoms with Gasteiger partial charge in [-0.3, -0.25) is 4.79 Å². The summed E-state index contributed by atoms with van der Waals surface area (Å²) >= 11 is 0. The van der Waals surface area contributed by atoms with E-state index in [1.54, 1.807) is 0 Å². The molecule has 0 bridgehead atoms. The van der Waals surface area contributed by atoms with Gasteiger partial charge >= 0.3 is 0 Å². The van der Waals surface area contributed by atoms with E-state index in [0.717, 1.165) is 12.1 Å². The highest BCUT2D eigenvalue weighted by Gasteiger charge is 2.28. The van der Waals surface area contributed by atoms with Crippen LogP contribution in [0.1, 0.15) is 19.8 Å². The van der Waals surface area contributed by atoms with Gasteiger partial charge in [-0.1, -0.05) is 18.2 Å². The Hall–Kier alpha value is -1.31. The number of nitrogens with zero attached hydrogens (tertiary/aromatic N) is 1. The summed E-state index contributed by atoms with van der Waals surface area (Å²) in [4.78, 5) is 13.4. The predicted octanol–water partition coefficient (Wildman–Crippen LogP) is 2.20. The second-order valence-corrected chi connectivity index (χ2v) is 3.49. The second kappa shape index (κ2) is 3.21. The van der Waals surface area contributed by atoms with Crippen molar-refractivity contribution in [2.75, 3.05) is 4.90 Å². The average molecular weight is 175 g/mol. The number of carbonyl (C=O) groups excluding carboxylic acids is 1. The summed E-state index contributed by atoms with van der Waals surface area (Å²) in [6.45, 7) is 2.10. The lowest BCUT2D eigenvalue weighted by Gasteiger charge is -2.21. The van der Waals surface area contributed by atoms with Crippen LogP contribution in [-0.2, 0) is 4.79 Å². The number of hydrogen-bond donors (Lipinski definition) is 0. The Kier molecular flexibility index (Phi) is 2.05. The maximum Gasteiger partial charge on any atom is 0.227 e. The summed E-state index contributed by atoms with van der Waals surface area (Å²) in [5, 5.41) is 0. The number of anilines is 1. The minimum Gasteiger partial charge on any atom is -0.310 e. The van der Waals surface area contributed by atoms with Crippen molar-refractivity contribution < 1.29 is 4.79 Å². The van der Waals surface area contributed by atoms with E-state index in [-0.39, 0.29) is 5.91 Å². The normalized spacial score (nSPS) is 22.4. The molecule has 1 saturated heterocycles. The Morgan fingerprint density at radius 3 is 2.54 bits per heavy atom. The second-order valence-electron chi connectivity index (χ2n) is 3.49. The van der Waals surface area contributed by atoms with Crippen LogP contribution in [0.2, 0.25) is 0 Å². The van der Waals surface area contributed by atoms with E-state index in [1.165, 1.54) is 0 Å². The molecule has 13 heavy (non-hydrogen) atoms. The van der Waals surface area contributed by atoms with Crippen molar-refractivity contribution in [2.24, 2.45) is 0 Å². The van der Waals surface area contributed by atoms with Crippen LogP contribution in [0.3, 0.4) is 0 Å². The molecule has 1 amide bonds. The van der Waals surface area contributed by atoms with E-state index < -0.39 is 0 Å². The van der Waals surface area contributed by atoms with Gasteiger partial charge in [0.15, 0.2) is 0 Å². The number of amides is 1. The topological polar surface area (TPSA) is 20.3 Å². The van der Waals surface area contributed by atoms with Crippen molar-refractivity contribution in [2.45, 2.75) is 25.8 Å². The Balaban J connectivity index is 2.30. The molecule has 2 heteroatoms. The summed E-state index contributed by atoms with van der Waals surface area (Å²) in [6.07, 6.45) is 1.67. The molecule has 68 valence electrons. The minimum absolute atomic E-state index is 0.249. The number of benzene rings is 1. The zero-order valence-corrected chi connectivity index (χ0v) is 7.73. The van der Waals surface area contributed by atoms with Gasteiger partial charge in [-0.05, 0) is 25.5 Å². The van der Waals surface area contributed by atoms with Gasteiger partial charge in [0.25, 0.3) is 0 Å². The van der Waals surface area contributed by atoms with Gasteiger partial charge in [0.2, 0.25) is 5.91 Å². The smallest absolute Gasteiger partial charge is 0.227 e. The molecule has 1 atom stereocenters. The maximum absolute atomic E-state index is 11.5. The molecule has 1 aromatic carbocycles. The highest BCUT2D eigenvalue weighted by Crippen LogP contribution is 2.25. The lowest BCUT2D eigenvalue weighted by atomic mass is 10.2. The zero-order chi connectivity index (χ0) is 9.26. The molecule has 1 aromatic rings. The lowest BCUT2D eigenvalue weighted by molar-refractivity contribution is -0.117. The fourth-order valence-corrected chi connectivity index (χ4v) is 1.81. The average Bonchev–Trinajstić information content (AvgIpc) is 2.48. The molecule has 2 rings (SSSR count). The van der Waals surface area contributed by atoms with Crippen molar-refractivity contribution in [3.63, 3.8) is 0 Å². The van der Waals surface area contributed by atoms with Crippen molar-refractivity contribution in [1.82, 2.24) is 0 Å². The lowest BCUT2D eigenvalue weighted by Crippen LogP contribution is -2.30. The summed E-state index contributed by atoms with van der Waals surface area (Å²) < 4.78 is 0. The standard InChI is InChI=1S/C11H13NO/c1-9-7-8-11(13)12(9)10-5-3-2-4-6-10/h2-6,9H,7-8H2,1H3. The molecule has 1 fully saturated rings. The molecule has 1 heterocycles. The zero-order valence-electron chi connectivity index (χ0n) is 7.73. The van der Waals surface area contributed by atoms with Crippen LogP contribution in [-0.4, -0.2) is 11.9 Å². The molecule has 0 saturated carbocycles. The maximum atomic E-state index is 11.5. The fraction of sp³-hybridized carbons (Fsp3) is 0.364. The van der Waals surface area contributed by atoms with Crippen LogP contribution in [0.5, 0.6) is 0 Å². The van der Waals surface area contributed by atoms with Crippen molar-refractivity contribution in [3.05, 3.63) is 30.3 Å². The van der Waals surface area contributed by atoms with Gasteiger partial charge in [-0.15, -0.1) is 0 Å². The van der Waals surface area contributed by atoms with Crippen LogP contribution in [0.25, 0.3) is 0 Å². The largest absolute Gasteiger partial charge is 0.310 e. The van der Waals surface area contributed by atoms with Gasteiger partial charge in [0, 0.05) is 18.2 Å². The van der Waals surface area contributed by atoms with E-state index >= 15 is 0 Å². The van der Waals surface area contributed by atoms with E-state index in [1.807, 2.05) is 35.2 Å². The van der Waals surface area contributed by atoms with Gasteiger partial charge in [-0.2, -0.15) is 0 Å². The van der Waals surface area contributed by atoms with Crippen molar-refractivity contribution >= 4 is 11.6 Å². The van der Waals surface area contributed by atoms with E-state index in [9.17, 15) is 4.79 Å².